The average molecular weight is 1380 g/mol. The number of nitrogens with zero attached hydrogens (tertiary/aromatic N) is 5. The van der Waals surface area contributed by atoms with Crippen molar-refractivity contribution in [2.45, 2.75) is 9.79 Å². The number of halogens is 2. The van der Waals surface area contributed by atoms with Crippen molar-refractivity contribution in [3.8, 4) is 44.5 Å². The van der Waals surface area contributed by atoms with Crippen LogP contribution < -0.4 is 57.3 Å². The smallest absolute Gasteiger partial charge is 0.252 e. The number of fused-ring (bicyclic) bond motifs is 8. The van der Waals surface area contributed by atoms with E-state index in [1.165, 1.54) is 11.8 Å². The van der Waals surface area contributed by atoms with Crippen LogP contribution in [0.15, 0.2) is 392 Å². The van der Waals surface area contributed by atoms with Crippen molar-refractivity contribution in [2.24, 2.45) is 0 Å². The number of rotatable bonds is 13. The third kappa shape index (κ3) is 10.5. The van der Waals surface area contributed by atoms with Crippen LogP contribution in [-0.2, 0) is 0 Å². The highest BCUT2D eigenvalue weighted by Crippen LogP contribution is 2.55. The van der Waals surface area contributed by atoms with E-state index in [-0.39, 0.29) is 5.82 Å². The summed E-state index contributed by atoms with van der Waals surface area (Å²) in [6, 6.07) is 133. The molecule has 498 valence electrons. The van der Waals surface area contributed by atoms with Gasteiger partial charge in [-0.1, -0.05) is 278 Å². The Bertz CT molecular complexity index is 5950. The molecule has 20 rings (SSSR count). The van der Waals surface area contributed by atoms with Gasteiger partial charge in [0.15, 0.2) is 5.82 Å². The summed E-state index contributed by atoms with van der Waals surface area (Å²) in [7, 11) is 0. The van der Waals surface area contributed by atoms with Gasteiger partial charge in [-0.2, -0.15) is 0 Å². The van der Waals surface area contributed by atoms with Gasteiger partial charge in [-0.25, -0.2) is 8.78 Å². The van der Waals surface area contributed by atoms with Crippen molar-refractivity contribution in [2.75, 3.05) is 24.5 Å². The molecule has 0 fully saturated rings. The minimum absolute atomic E-state index is 0.368. The molecule has 0 atom stereocenters. The van der Waals surface area contributed by atoms with Crippen LogP contribution in [0.3, 0.4) is 0 Å². The summed E-state index contributed by atoms with van der Waals surface area (Å²) >= 11 is 1.51. The lowest BCUT2D eigenvalue weighted by Gasteiger charge is -2.47. The van der Waals surface area contributed by atoms with Gasteiger partial charge in [0.1, 0.15) is 5.82 Å². The summed E-state index contributed by atoms with van der Waals surface area (Å²) in [4.78, 5) is 13.1. The van der Waals surface area contributed by atoms with Crippen molar-refractivity contribution in [1.29, 1.82) is 0 Å². The first-order valence-corrected chi connectivity index (χ1v) is 36.8. The molecule has 0 aliphatic carbocycles. The molecule has 4 heterocycles. The van der Waals surface area contributed by atoms with E-state index >= 15 is 8.78 Å². The highest BCUT2D eigenvalue weighted by molar-refractivity contribution is 8.00. The van der Waals surface area contributed by atoms with Gasteiger partial charge in [-0.05, 0) is 182 Å². The first kappa shape index (κ1) is 62.6. The third-order valence-electron chi connectivity index (χ3n) is 21.3. The first-order chi connectivity index (χ1) is 52.5. The second-order valence-electron chi connectivity index (χ2n) is 27.3. The lowest BCUT2D eigenvalue weighted by Crippen LogP contribution is -2.65. The highest BCUT2D eigenvalue weighted by atomic mass is 32.2. The number of anilines is 15. The molecule has 0 N–H and O–H groups in total. The molecule has 4 aliphatic heterocycles. The van der Waals surface area contributed by atoms with Crippen LogP contribution in [0.25, 0.3) is 44.5 Å². The summed E-state index contributed by atoms with van der Waals surface area (Å²) < 4.78 is 38.9. The number of para-hydroxylation sites is 6. The maximum atomic E-state index is 21.4. The topological polar surface area (TPSA) is 16.2 Å². The maximum Gasteiger partial charge on any atom is 0.252 e. The van der Waals surface area contributed by atoms with Crippen molar-refractivity contribution in [3.63, 3.8) is 0 Å². The van der Waals surface area contributed by atoms with E-state index in [0.717, 1.165) is 145 Å². The maximum absolute atomic E-state index is 21.4. The highest BCUT2D eigenvalue weighted by Gasteiger charge is 2.50. The van der Waals surface area contributed by atoms with Crippen LogP contribution in [0, 0.1) is 11.6 Å². The van der Waals surface area contributed by atoms with Crippen LogP contribution in [0.4, 0.5) is 94.1 Å². The zero-order valence-electron chi connectivity index (χ0n) is 57.4. The average Bonchev–Trinajstić information content (AvgIpc) is 0.681. The lowest BCUT2D eigenvalue weighted by molar-refractivity contribution is 0.606. The SMILES string of the molecule is Fc1cc(-c2ccccc2)c(N2c3cc(N(c4ccccc4)c4ccccc4)cc4c3B(c3ccccc3N4c3ccccc3)c3cc4c(c(F)c32)Sc2cc(N(c3ccc(-c5ccccc5)cc3)c3cccc(-c5ccccc5)c3)cc3c2B4c2ccccc2N3c2ccccc2)c(-c2ccccc2)c1. The van der Waals surface area contributed by atoms with E-state index in [1.54, 1.807) is 12.1 Å². The van der Waals surface area contributed by atoms with Crippen LogP contribution >= 0.6 is 11.8 Å². The van der Waals surface area contributed by atoms with Crippen molar-refractivity contribution in [3.05, 3.63) is 394 Å². The number of hydrogen-bond acceptors (Lipinski definition) is 6. The van der Waals surface area contributed by atoms with E-state index in [2.05, 4.69) is 322 Å². The van der Waals surface area contributed by atoms with Gasteiger partial charge in [0.2, 0.25) is 6.71 Å². The van der Waals surface area contributed by atoms with Crippen molar-refractivity contribution >= 4 is 143 Å². The normalized spacial score (nSPS) is 12.7. The molecule has 5 nitrogen and oxygen atoms in total. The summed E-state index contributed by atoms with van der Waals surface area (Å²) in [5.74, 6) is -0.776. The zero-order valence-corrected chi connectivity index (χ0v) is 58.2. The Morgan fingerprint density at radius 3 is 1.17 bits per heavy atom. The van der Waals surface area contributed by atoms with Crippen LogP contribution in [0.2, 0.25) is 0 Å². The summed E-state index contributed by atoms with van der Waals surface area (Å²) in [5.41, 5.74) is 26.3. The van der Waals surface area contributed by atoms with Gasteiger partial charge in [-0.3, -0.25) is 0 Å². The van der Waals surface area contributed by atoms with Gasteiger partial charge in [0, 0.05) is 89.2 Å². The minimum atomic E-state index is -0.523. The molecular formula is C96H63B2F2N5S. The Balaban J connectivity index is 0.901. The number of hydrogen-bond donors (Lipinski definition) is 0. The molecule has 0 amide bonds. The molecule has 0 saturated carbocycles. The third-order valence-corrected chi connectivity index (χ3v) is 22.5. The van der Waals surface area contributed by atoms with Gasteiger partial charge in [0.25, 0.3) is 6.71 Å². The van der Waals surface area contributed by atoms with E-state index in [9.17, 15) is 0 Å². The first-order valence-electron chi connectivity index (χ1n) is 36.0. The Morgan fingerprint density at radius 2 is 0.642 bits per heavy atom. The molecule has 0 bridgehead atoms. The summed E-state index contributed by atoms with van der Waals surface area (Å²) in [5, 5.41) is 0. The molecule has 16 aromatic carbocycles. The fourth-order valence-electron chi connectivity index (χ4n) is 16.8. The predicted molar refractivity (Wildman–Crippen MR) is 441 cm³/mol. The molecular weight excluding hydrogens is 1310 g/mol. The minimum Gasteiger partial charge on any atom is -0.311 e. The number of benzene rings is 16. The standard InChI is InChI=1S/C96H63B2F2N5S/c99-70-57-79(67-34-13-3-14-35-67)94(80(58-70)68-36-15-4-16-37-68)105-88-60-77(101(71-39-17-5-18-40-71)72-41-19-6-20-42-72)59-87-91(88)97(81-48-25-27-50-85(81)103(87)73-43-21-7-22-44-73)83-63-84-96(93(100)95(83)105)106-90-62-78(61-89-92(90)98(84)82-49-26-28-51-86(82)104(89)74-45-23-8-24-46-74)102(75-54-52-66(53-55-75)64-30-9-1-10-31-64)76-47-29-38-69(56-76)65-32-11-2-12-33-65/h1-63H. The Hall–Kier alpha value is -13.1. The van der Waals surface area contributed by atoms with Gasteiger partial charge < -0.3 is 24.5 Å². The van der Waals surface area contributed by atoms with Crippen LogP contribution in [0.1, 0.15) is 0 Å². The van der Waals surface area contributed by atoms with Gasteiger partial charge >= 0.3 is 0 Å². The van der Waals surface area contributed by atoms with Gasteiger partial charge in [-0.15, -0.1) is 0 Å². The fourth-order valence-corrected chi connectivity index (χ4v) is 18.0. The molecule has 16 aromatic rings. The van der Waals surface area contributed by atoms with E-state index in [0.29, 0.717) is 27.4 Å². The predicted octanol–water partition coefficient (Wildman–Crippen LogP) is 22.4. The largest absolute Gasteiger partial charge is 0.311 e. The van der Waals surface area contributed by atoms with E-state index < -0.39 is 19.2 Å². The summed E-state index contributed by atoms with van der Waals surface area (Å²) in [6.45, 7) is -0.969. The molecule has 106 heavy (non-hydrogen) atoms. The van der Waals surface area contributed by atoms with E-state index in [4.69, 9.17) is 0 Å². The molecule has 0 radical (unpaired) electrons. The Kier molecular flexibility index (Phi) is 15.3. The molecule has 10 heteroatoms. The van der Waals surface area contributed by atoms with E-state index in [1.807, 2.05) is 72.8 Å². The van der Waals surface area contributed by atoms with Crippen molar-refractivity contribution < 1.29 is 8.78 Å². The second kappa shape index (κ2) is 26.0. The van der Waals surface area contributed by atoms with Crippen LogP contribution in [-0.4, -0.2) is 13.4 Å². The second-order valence-corrected chi connectivity index (χ2v) is 28.4. The Morgan fingerprint density at radius 1 is 0.255 bits per heavy atom. The van der Waals surface area contributed by atoms with Crippen LogP contribution in [0.5, 0.6) is 0 Å². The zero-order chi connectivity index (χ0) is 70.3. The quantitative estimate of drug-likeness (QED) is 0.106. The summed E-state index contributed by atoms with van der Waals surface area (Å²) in [6.07, 6.45) is 0. The molecule has 0 spiro atoms. The molecule has 0 unspecified atom stereocenters. The fraction of sp³-hybridized carbons (Fsp3) is 0. The Labute approximate surface area is 620 Å². The molecule has 0 saturated heterocycles. The monoisotopic (exact) mass is 1380 g/mol. The van der Waals surface area contributed by atoms with Crippen molar-refractivity contribution in [1.82, 2.24) is 0 Å². The van der Waals surface area contributed by atoms with Gasteiger partial charge in [0.05, 0.1) is 17.1 Å². The molecule has 4 aliphatic rings. The lowest BCUT2D eigenvalue weighted by atomic mass is 9.31. The molecule has 0 aromatic heterocycles.